The molecule has 2 nitrogen and oxygen atoms in total. The maximum absolute atomic E-state index is 3.64. The van der Waals surface area contributed by atoms with Gasteiger partial charge in [-0.3, -0.25) is 0 Å². The molecule has 2 aliphatic carbocycles. The van der Waals surface area contributed by atoms with Gasteiger partial charge in [-0.05, 0) is 43.8 Å². The van der Waals surface area contributed by atoms with Gasteiger partial charge < -0.3 is 10.2 Å². The van der Waals surface area contributed by atoms with Crippen LogP contribution in [-0.4, -0.2) is 24.0 Å². The van der Waals surface area contributed by atoms with Gasteiger partial charge in [0.2, 0.25) is 0 Å². The van der Waals surface area contributed by atoms with Crippen LogP contribution in [0.4, 0.5) is 0 Å². The molecule has 2 fully saturated rings. The maximum atomic E-state index is 3.64. The van der Waals surface area contributed by atoms with Crippen LogP contribution in [0.5, 0.6) is 0 Å². The number of hydrogen-bond donors (Lipinski definition) is 1. The molecule has 4 aliphatic rings. The number of nitrogens with zero attached hydrogens (tertiary/aromatic N) is 1. The second-order valence-corrected chi connectivity index (χ2v) is 6.22. The second kappa shape index (κ2) is 3.74. The Morgan fingerprint density at radius 1 is 1.39 bits per heavy atom. The van der Waals surface area contributed by atoms with Crippen molar-refractivity contribution in [2.75, 3.05) is 13.1 Å². The summed E-state index contributed by atoms with van der Waals surface area (Å²) in [5.74, 6) is 0. The van der Waals surface area contributed by atoms with Gasteiger partial charge in [-0.25, -0.2) is 0 Å². The molecule has 0 aromatic carbocycles. The van der Waals surface area contributed by atoms with Gasteiger partial charge in [0.25, 0.3) is 0 Å². The minimum absolute atomic E-state index is 0.454. The summed E-state index contributed by atoms with van der Waals surface area (Å²) in [5.41, 5.74) is 5.35. The smallest absolute Gasteiger partial charge is 0.0452 e. The van der Waals surface area contributed by atoms with Crippen LogP contribution in [0, 0.1) is 5.41 Å². The van der Waals surface area contributed by atoms with Gasteiger partial charge in [0, 0.05) is 36.4 Å². The standard InChI is InChI=1S/C16H22N2/c1-12-13-4-2-5-14-15(13)18(11-9-17-12)10-8-16(14)6-3-7-16/h4,8,10,12,17H,2-3,5-7,9,11H2,1H3. The molecule has 2 aliphatic heterocycles. The topological polar surface area (TPSA) is 15.3 Å². The lowest BCUT2D eigenvalue weighted by Crippen LogP contribution is -2.38. The lowest BCUT2D eigenvalue weighted by Gasteiger charge is -2.48. The van der Waals surface area contributed by atoms with E-state index in [0.717, 1.165) is 13.1 Å². The molecule has 1 N–H and O–H groups in total. The van der Waals surface area contributed by atoms with E-state index in [9.17, 15) is 0 Å². The predicted octanol–water partition coefficient (Wildman–Crippen LogP) is 2.95. The highest BCUT2D eigenvalue weighted by atomic mass is 15.2. The van der Waals surface area contributed by atoms with E-state index in [2.05, 4.69) is 35.5 Å². The second-order valence-electron chi connectivity index (χ2n) is 6.22. The molecule has 1 saturated carbocycles. The van der Waals surface area contributed by atoms with Crippen molar-refractivity contribution >= 4 is 0 Å². The summed E-state index contributed by atoms with van der Waals surface area (Å²) >= 11 is 0. The fourth-order valence-corrected chi connectivity index (χ4v) is 4.10. The van der Waals surface area contributed by atoms with Crippen LogP contribution in [0.15, 0.2) is 35.2 Å². The molecular weight excluding hydrogens is 220 g/mol. The first kappa shape index (κ1) is 10.9. The lowest BCUT2D eigenvalue weighted by molar-refractivity contribution is 0.228. The van der Waals surface area contributed by atoms with Crippen molar-refractivity contribution in [1.29, 1.82) is 0 Å². The Bertz CT molecular complexity index is 465. The van der Waals surface area contributed by atoms with E-state index >= 15 is 0 Å². The fraction of sp³-hybridized carbons (Fsp3) is 0.625. The minimum Gasteiger partial charge on any atom is -0.347 e. The number of rotatable bonds is 0. The molecule has 1 spiro atoms. The molecule has 2 heteroatoms. The van der Waals surface area contributed by atoms with Crippen molar-refractivity contribution in [3.8, 4) is 0 Å². The first-order valence-corrected chi connectivity index (χ1v) is 7.44. The van der Waals surface area contributed by atoms with Gasteiger partial charge >= 0.3 is 0 Å². The van der Waals surface area contributed by atoms with Crippen LogP contribution in [0.2, 0.25) is 0 Å². The Kier molecular flexibility index (Phi) is 2.25. The first-order chi connectivity index (χ1) is 8.80. The number of hydrogen-bond acceptors (Lipinski definition) is 2. The largest absolute Gasteiger partial charge is 0.347 e. The Morgan fingerprint density at radius 3 is 3.06 bits per heavy atom. The zero-order valence-corrected chi connectivity index (χ0v) is 11.2. The van der Waals surface area contributed by atoms with Gasteiger partial charge in [-0.2, -0.15) is 0 Å². The Hall–Kier alpha value is -1.02. The Balaban J connectivity index is 1.86. The summed E-state index contributed by atoms with van der Waals surface area (Å²) < 4.78 is 0. The summed E-state index contributed by atoms with van der Waals surface area (Å²) in [6.07, 6.45) is 14.0. The first-order valence-electron chi connectivity index (χ1n) is 7.44. The van der Waals surface area contributed by atoms with Crippen LogP contribution < -0.4 is 5.32 Å². The molecule has 0 radical (unpaired) electrons. The Morgan fingerprint density at radius 2 is 2.28 bits per heavy atom. The minimum atomic E-state index is 0.454. The summed E-state index contributed by atoms with van der Waals surface area (Å²) in [4.78, 5) is 2.50. The molecule has 1 atom stereocenters. The van der Waals surface area contributed by atoms with Gasteiger partial charge in [0.15, 0.2) is 0 Å². The van der Waals surface area contributed by atoms with Gasteiger partial charge in [-0.15, -0.1) is 0 Å². The predicted molar refractivity (Wildman–Crippen MR) is 73.9 cm³/mol. The summed E-state index contributed by atoms with van der Waals surface area (Å²) in [6.45, 7) is 4.52. The van der Waals surface area contributed by atoms with Gasteiger partial charge in [0.1, 0.15) is 0 Å². The van der Waals surface area contributed by atoms with E-state index in [1.165, 1.54) is 32.1 Å². The lowest BCUT2D eigenvalue weighted by atomic mass is 9.60. The molecular formula is C16H22N2. The van der Waals surface area contributed by atoms with Crippen molar-refractivity contribution in [3.05, 3.63) is 35.2 Å². The summed E-state index contributed by atoms with van der Waals surface area (Å²) in [5, 5.41) is 3.64. The van der Waals surface area contributed by atoms with Gasteiger partial charge in [-0.1, -0.05) is 18.6 Å². The van der Waals surface area contributed by atoms with Crippen molar-refractivity contribution in [2.24, 2.45) is 5.41 Å². The van der Waals surface area contributed by atoms with Crippen LogP contribution in [0.1, 0.15) is 39.0 Å². The van der Waals surface area contributed by atoms with Crippen LogP contribution in [-0.2, 0) is 0 Å². The van der Waals surface area contributed by atoms with E-state index in [1.54, 1.807) is 16.8 Å². The molecule has 0 aromatic rings. The van der Waals surface area contributed by atoms with Crippen molar-refractivity contribution in [1.82, 2.24) is 10.2 Å². The molecule has 2 heterocycles. The van der Waals surface area contributed by atoms with E-state index in [0.29, 0.717) is 11.5 Å². The SMILES string of the molecule is CC1NCCN2C=CC3(CCC3)C3=C2C1=CCC3. The zero-order chi connectivity index (χ0) is 12.2. The molecule has 18 heavy (non-hydrogen) atoms. The zero-order valence-electron chi connectivity index (χ0n) is 11.2. The summed E-state index contributed by atoms with van der Waals surface area (Å²) in [6, 6.07) is 0.518. The van der Waals surface area contributed by atoms with Gasteiger partial charge in [0.05, 0.1) is 0 Å². The number of allylic oxidation sites excluding steroid dienone is 3. The van der Waals surface area contributed by atoms with E-state index < -0.39 is 0 Å². The van der Waals surface area contributed by atoms with Crippen molar-refractivity contribution < 1.29 is 0 Å². The molecule has 0 bridgehead atoms. The molecule has 4 rings (SSSR count). The molecule has 0 amide bonds. The highest BCUT2D eigenvalue weighted by molar-refractivity contribution is 5.49. The molecule has 1 unspecified atom stereocenters. The average Bonchev–Trinajstić information content (AvgIpc) is 2.50. The van der Waals surface area contributed by atoms with Crippen molar-refractivity contribution in [2.45, 2.75) is 45.1 Å². The van der Waals surface area contributed by atoms with E-state index in [1.807, 2.05) is 0 Å². The van der Waals surface area contributed by atoms with Crippen molar-refractivity contribution in [3.63, 3.8) is 0 Å². The van der Waals surface area contributed by atoms with E-state index in [4.69, 9.17) is 0 Å². The van der Waals surface area contributed by atoms with Crippen LogP contribution >= 0.6 is 0 Å². The van der Waals surface area contributed by atoms with Crippen LogP contribution in [0.3, 0.4) is 0 Å². The third-order valence-electron chi connectivity index (χ3n) is 5.30. The molecule has 96 valence electrons. The number of fused-ring (bicyclic) bond motifs is 1. The fourth-order valence-electron chi connectivity index (χ4n) is 4.10. The third kappa shape index (κ3) is 1.33. The average molecular weight is 242 g/mol. The quantitative estimate of drug-likeness (QED) is 0.702. The monoisotopic (exact) mass is 242 g/mol. The normalized spacial score (nSPS) is 32.8. The molecule has 0 aromatic heterocycles. The number of nitrogens with one attached hydrogen (secondary N) is 1. The molecule has 1 saturated heterocycles. The van der Waals surface area contributed by atoms with E-state index in [-0.39, 0.29) is 0 Å². The maximum Gasteiger partial charge on any atom is 0.0452 e. The highest BCUT2D eigenvalue weighted by Crippen LogP contribution is 2.55. The third-order valence-corrected chi connectivity index (χ3v) is 5.30. The summed E-state index contributed by atoms with van der Waals surface area (Å²) in [7, 11) is 0. The highest BCUT2D eigenvalue weighted by Gasteiger charge is 2.44. The van der Waals surface area contributed by atoms with Crippen LogP contribution in [0.25, 0.3) is 0 Å². The Labute approximate surface area is 109 Å².